The van der Waals surface area contributed by atoms with Gasteiger partial charge < -0.3 is 15.5 Å². The van der Waals surface area contributed by atoms with Crippen molar-refractivity contribution < 1.29 is 22.4 Å². The van der Waals surface area contributed by atoms with E-state index in [1.165, 1.54) is 12.1 Å². The maximum atomic E-state index is 13.0. The Morgan fingerprint density at radius 3 is 2.52 bits per heavy atom. The van der Waals surface area contributed by atoms with Crippen LogP contribution >= 0.6 is 0 Å². The molecule has 1 amide bonds. The molecular formula is C27H19F3N8O2. The summed E-state index contributed by atoms with van der Waals surface area (Å²) in [5.74, 6) is 0.562. The van der Waals surface area contributed by atoms with Gasteiger partial charge in [0, 0.05) is 41.5 Å². The van der Waals surface area contributed by atoms with Crippen LogP contribution in [0.3, 0.4) is 0 Å². The standard InChI is InChI=1S/C27H19F3N8O2/c1-14-19-7-6-17(13-38(19)26(32)40-14)24-36-21(22-23(31)34-10-11-37(22)24)15-2-4-16(5-3-15)25(39)35-20-12-18(8-9-33-20)27(28,29)30/h2-13,32H,1H3,(H2,31,34)(H,33,35,39). The van der Waals surface area contributed by atoms with Gasteiger partial charge in [0.1, 0.15) is 34.4 Å². The van der Waals surface area contributed by atoms with Gasteiger partial charge in [-0.1, -0.05) is 12.1 Å². The summed E-state index contributed by atoms with van der Waals surface area (Å²) in [5.41, 5.74) is 8.64. The van der Waals surface area contributed by atoms with Crippen LogP contribution in [0.25, 0.3) is 33.7 Å². The molecule has 0 unspecified atom stereocenters. The molecule has 5 aromatic heterocycles. The number of imidazole rings is 1. The number of alkyl halides is 3. The molecule has 0 spiro atoms. The van der Waals surface area contributed by atoms with Crippen LogP contribution in [0, 0.1) is 12.3 Å². The summed E-state index contributed by atoms with van der Waals surface area (Å²) in [5, 5.41) is 10.5. The molecule has 5 heterocycles. The summed E-state index contributed by atoms with van der Waals surface area (Å²) in [6.07, 6.45) is 1.45. The fraction of sp³-hybridized carbons (Fsp3) is 0.0741. The molecule has 40 heavy (non-hydrogen) atoms. The first-order chi connectivity index (χ1) is 19.1. The lowest BCUT2D eigenvalue weighted by Crippen LogP contribution is -2.14. The highest BCUT2D eigenvalue weighted by atomic mass is 19.4. The topological polar surface area (TPSA) is 140 Å². The maximum absolute atomic E-state index is 13.0. The van der Waals surface area contributed by atoms with Crippen LogP contribution in [0.2, 0.25) is 0 Å². The molecule has 0 aliphatic rings. The van der Waals surface area contributed by atoms with Crippen molar-refractivity contribution in [2.75, 3.05) is 11.1 Å². The Balaban J connectivity index is 1.36. The van der Waals surface area contributed by atoms with Crippen LogP contribution in [0.5, 0.6) is 0 Å². The number of carbonyl (C=O) groups excluding carboxylic acids is 1. The fourth-order valence-corrected chi connectivity index (χ4v) is 4.45. The number of hydrogen-bond acceptors (Lipinski definition) is 7. The van der Waals surface area contributed by atoms with Gasteiger partial charge in [0.05, 0.1) is 11.1 Å². The third-order valence-electron chi connectivity index (χ3n) is 6.37. The molecule has 0 aliphatic heterocycles. The van der Waals surface area contributed by atoms with Gasteiger partial charge in [-0.25, -0.2) is 15.0 Å². The lowest BCUT2D eigenvalue weighted by Gasteiger charge is -2.09. The number of benzene rings is 1. The first-order valence-corrected chi connectivity index (χ1v) is 11.8. The molecule has 0 fully saturated rings. The molecule has 0 atom stereocenters. The number of halogens is 3. The Morgan fingerprint density at radius 1 is 1.02 bits per heavy atom. The number of anilines is 2. The second kappa shape index (κ2) is 9.08. The third kappa shape index (κ3) is 4.22. The fourth-order valence-electron chi connectivity index (χ4n) is 4.45. The predicted molar refractivity (Wildman–Crippen MR) is 139 cm³/mol. The maximum Gasteiger partial charge on any atom is 0.416 e. The average Bonchev–Trinajstić information content (AvgIpc) is 3.46. The number of oxazole rings is 1. The average molecular weight is 544 g/mol. The van der Waals surface area contributed by atoms with Gasteiger partial charge in [-0.3, -0.25) is 19.0 Å². The Hall–Kier alpha value is -5.46. The van der Waals surface area contributed by atoms with Crippen molar-refractivity contribution in [2.45, 2.75) is 13.1 Å². The highest BCUT2D eigenvalue weighted by molar-refractivity contribution is 6.04. The van der Waals surface area contributed by atoms with E-state index >= 15 is 0 Å². The number of fused-ring (bicyclic) bond motifs is 2. The Morgan fingerprint density at radius 2 is 1.77 bits per heavy atom. The minimum atomic E-state index is -4.56. The molecule has 1 aromatic carbocycles. The lowest BCUT2D eigenvalue weighted by molar-refractivity contribution is -0.137. The second-order valence-corrected chi connectivity index (χ2v) is 8.91. The van der Waals surface area contributed by atoms with E-state index < -0.39 is 17.6 Å². The summed E-state index contributed by atoms with van der Waals surface area (Å²) in [6.45, 7) is 1.78. The molecule has 6 aromatic rings. The van der Waals surface area contributed by atoms with E-state index in [4.69, 9.17) is 20.5 Å². The first-order valence-electron chi connectivity index (χ1n) is 11.8. The van der Waals surface area contributed by atoms with Gasteiger partial charge in [0.25, 0.3) is 11.6 Å². The van der Waals surface area contributed by atoms with Crippen molar-refractivity contribution in [1.82, 2.24) is 23.8 Å². The van der Waals surface area contributed by atoms with Crippen LogP contribution in [0.1, 0.15) is 21.7 Å². The number of nitrogens with two attached hydrogens (primary N) is 1. The Labute approximate surface area is 223 Å². The normalized spacial score (nSPS) is 11.8. The number of nitrogens with one attached hydrogen (secondary N) is 2. The molecule has 0 saturated carbocycles. The van der Waals surface area contributed by atoms with E-state index in [1.807, 2.05) is 12.1 Å². The number of carbonyl (C=O) groups is 1. The van der Waals surface area contributed by atoms with Crippen LogP contribution in [0.15, 0.2) is 77.7 Å². The zero-order chi connectivity index (χ0) is 28.2. The number of nitrogen functional groups attached to an aromatic ring is 1. The smallest absolute Gasteiger partial charge is 0.416 e. The van der Waals surface area contributed by atoms with Crippen LogP contribution < -0.4 is 16.7 Å². The van der Waals surface area contributed by atoms with Crippen molar-refractivity contribution in [3.8, 4) is 22.6 Å². The van der Waals surface area contributed by atoms with Crippen molar-refractivity contribution in [1.29, 1.82) is 5.41 Å². The van der Waals surface area contributed by atoms with Gasteiger partial charge in [-0.2, -0.15) is 13.2 Å². The van der Waals surface area contributed by atoms with Crippen molar-refractivity contribution in [2.24, 2.45) is 0 Å². The minimum absolute atomic E-state index is 0.0224. The van der Waals surface area contributed by atoms with Crippen molar-refractivity contribution in [3.63, 3.8) is 0 Å². The zero-order valence-corrected chi connectivity index (χ0v) is 20.7. The molecule has 6 rings (SSSR count). The molecular weight excluding hydrogens is 525 g/mol. The Bertz CT molecular complexity index is 1990. The van der Waals surface area contributed by atoms with Crippen molar-refractivity contribution >= 4 is 28.6 Å². The molecule has 200 valence electrons. The highest BCUT2D eigenvalue weighted by Crippen LogP contribution is 2.33. The van der Waals surface area contributed by atoms with E-state index in [2.05, 4.69) is 15.3 Å². The van der Waals surface area contributed by atoms with E-state index in [0.717, 1.165) is 23.8 Å². The number of hydrogen-bond donors (Lipinski definition) is 3. The second-order valence-electron chi connectivity index (χ2n) is 8.91. The number of nitrogens with zero attached hydrogens (tertiary/aromatic N) is 5. The molecule has 4 N–H and O–H groups in total. The number of amides is 1. The quantitative estimate of drug-likeness (QED) is 0.287. The van der Waals surface area contributed by atoms with E-state index in [9.17, 15) is 18.0 Å². The summed E-state index contributed by atoms with van der Waals surface area (Å²) in [7, 11) is 0. The number of aromatic nitrogens is 5. The molecule has 0 saturated heterocycles. The van der Waals surface area contributed by atoms with Gasteiger partial charge in [0.2, 0.25) is 0 Å². The molecule has 13 heteroatoms. The third-order valence-corrected chi connectivity index (χ3v) is 6.37. The number of pyridine rings is 2. The highest BCUT2D eigenvalue weighted by Gasteiger charge is 2.31. The summed E-state index contributed by atoms with van der Waals surface area (Å²) < 4.78 is 47.8. The Kier molecular flexibility index (Phi) is 5.64. The molecule has 10 nitrogen and oxygen atoms in total. The number of aryl methyl sites for hydroxylation is 1. The van der Waals surface area contributed by atoms with E-state index in [0.29, 0.717) is 33.9 Å². The predicted octanol–water partition coefficient (Wildman–Crippen LogP) is 4.95. The van der Waals surface area contributed by atoms with E-state index in [-0.39, 0.29) is 22.9 Å². The lowest BCUT2D eigenvalue weighted by atomic mass is 10.1. The number of rotatable bonds is 4. The van der Waals surface area contributed by atoms with Crippen LogP contribution in [-0.2, 0) is 6.18 Å². The van der Waals surface area contributed by atoms with E-state index in [1.54, 1.807) is 46.4 Å². The first kappa shape index (κ1) is 24.9. The van der Waals surface area contributed by atoms with Gasteiger partial charge >= 0.3 is 6.18 Å². The van der Waals surface area contributed by atoms with Gasteiger partial charge in [-0.15, -0.1) is 0 Å². The minimum Gasteiger partial charge on any atom is -0.428 e. The molecule has 0 aliphatic carbocycles. The van der Waals surface area contributed by atoms with Crippen LogP contribution in [-0.4, -0.2) is 29.7 Å². The van der Waals surface area contributed by atoms with Gasteiger partial charge in [-0.05, 0) is 43.3 Å². The summed E-state index contributed by atoms with van der Waals surface area (Å²) >= 11 is 0. The molecule has 0 bridgehead atoms. The monoisotopic (exact) mass is 544 g/mol. The van der Waals surface area contributed by atoms with Crippen molar-refractivity contribution in [3.05, 3.63) is 95.9 Å². The summed E-state index contributed by atoms with van der Waals surface area (Å²) in [4.78, 5) is 25.5. The SMILES string of the molecule is Cc1oc(=N)n2cc(-c3nc(-c4ccc(C(=O)Nc5cc(C(F)(F)F)ccn5)cc4)c4c(N)nccn34)ccc12. The largest absolute Gasteiger partial charge is 0.428 e. The van der Waals surface area contributed by atoms with Crippen LogP contribution in [0.4, 0.5) is 24.8 Å². The summed E-state index contributed by atoms with van der Waals surface area (Å²) in [6, 6.07) is 11.7. The molecule has 0 radical (unpaired) electrons. The van der Waals surface area contributed by atoms with Gasteiger partial charge in [0.15, 0.2) is 0 Å². The zero-order valence-electron chi connectivity index (χ0n) is 20.7.